The fourth-order valence-electron chi connectivity index (χ4n) is 3.24. The van der Waals surface area contributed by atoms with Crippen LogP contribution in [0, 0.1) is 5.82 Å². The molecule has 0 bridgehead atoms. The monoisotopic (exact) mass is 490 g/mol. The summed E-state index contributed by atoms with van der Waals surface area (Å²) in [5, 5.41) is -0.381. The van der Waals surface area contributed by atoms with Gasteiger partial charge in [-0.3, -0.25) is 4.79 Å². The van der Waals surface area contributed by atoms with Crippen molar-refractivity contribution in [3.05, 3.63) is 100 Å². The fraction of sp³-hybridized carbons (Fsp3) is 0.130. The summed E-state index contributed by atoms with van der Waals surface area (Å²) in [5.41, 5.74) is 6.74. The van der Waals surface area contributed by atoms with E-state index in [0.717, 1.165) is 22.5 Å². The molecule has 0 radical (unpaired) electrons. The van der Waals surface area contributed by atoms with Gasteiger partial charge in [-0.1, -0.05) is 54.1 Å². The van der Waals surface area contributed by atoms with Crippen molar-refractivity contribution in [1.29, 1.82) is 0 Å². The lowest BCUT2D eigenvalue weighted by atomic mass is 10.1. The van der Waals surface area contributed by atoms with Crippen molar-refractivity contribution in [3.8, 4) is 0 Å². The van der Waals surface area contributed by atoms with Gasteiger partial charge >= 0.3 is 5.97 Å². The molecule has 0 fully saturated rings. The molecule has 0 unspecified atom stereocenters. The number of hydrogen-bond donors (Lipinski definition) is 1. The quantitative estimate of drug-likeness (QED) is 0.485. The number of benzene rings is 3. The average molecular weight is 491 g/mol. The highest BCUT2D eigenvalue weighted by atomic mass is 35.5. The van der Waals surface area contributed by atoms with Crippen LogP contribution in [-0.2, 0) is 26.1 Å². The SMILES string of the molecule is COC(=O)c1ccc(CN([C@@H](C(N)=O)c2ccccc2)S(=O)(=O)c2ccc(F)c(Cl)c2)cc1. The number of sulfonamides is 1. The zero-order valence-corrected chi connectivity index (χ0v) is 19.0. The maximum atomic E-state index is 13.7. The van der Waals surface area contributed by atoms with Crippen molar-refractivity contribution in [1.82, 2.24) is 4.31 Å². The van der Waals surface area contributed by atoms with Gasteiger partial charge in [0.2, 0.25) is 15.9 Å². The first-order valence-corrected chi connectivity index (χ1v) is 11.5. The van der Waals surface area contributed by atoms with Crippen molar-refractivity contribution in [2.45, 2.75) is 17.5 Å². The molecule has 0 saturated carbocycles. The van der Waals surface area contributed by atoms with Crippen LogP contribution in [0.2, 0.25) is 5.02 Å². The van der Waals surface area contributed by atoms with Gasteiger partial charge in [0, 0.05) is 6.54 Å². The van der Waals surface area contributed by atoms with Crippen LogP contribution in [0.3, 0.4) is 0 Å². The first-order chi connectivity index (χ1) is 15.6. The molecule has 1 atom stereocenters. The summed E-state index contributed by atoms with van der Waals surface area (Å²) in [6.07, 6.45) is 0. The highest BCUT2D eigenvalue weighted by Crippen LogP contribution is 2.31. The molecule has 0 aliphatic heterocycles. The molecule has 1 amide bonds. The Labute approximate surface area is 195 Å². The lowest BCUT2D eigenvalue weighted by molar-refractivity contribution is -0.122. The van der Waals surface area contributed by atoms with Crippen LogP contribution in [-0.4, -0.2) is 31.7 Å². The van der Waals surface area contributed by atoms with Gasteiger partial charge in [0.25, 0.3) is 0 Å². The number of methoxy groups -OCH3 is 1. The lowest BCUT2D eigenvalue weighted by Crippen LogP contribution is -2.41. The predicted molar refractivity (Wildman–Crippen MR) is 120 cm³/mol. The smallest absolute Gasteiger partial charge is 0.337 e. The summed E-state index contributed by atoms with van der Waals surface area (Å²) < 4.78 is 46.5. The van der Waals surface area contributed by atoms with E-state index >= 15 is 0 Å². The molecule has 7 nitrogen and oxygen atoms in total. The van der Waals surface area contributed by atoms with E-state index < -0.39 is 33.8 Å². The Balaban J connectivity index is 2.12. The van der Waals surface area contributed by atoms with Gasteiger partial charge in [0.1, 0.15) is 11.9 Å². The Hall–Kier alpha value is -3.27. The molecule has 0 saturated heterocycles. The van der Waals surface area contributed by atoms with Gasteiger partial charge in [-0.15, -0.1) is 0 Å². The third-order valence-corrected chi connectivity index (χ3v) is 6.98. The van der Waals surface area contributed by atoms with E-state index in [0.29, 0.717) is 11.1 Å². The Bertz CT molecular complexity index is 1270. The second-order valence-electron chi connectivity index (χ2n) is 7.03. The minimum atomic E-state index is -4.37. The summed E-state index contributed by atoms with van der Waals surface area (Å²) >= 11 is 5.81. The largest absolute Gasteiger partial charge is 0.465 e. The Morgan fingerprint density at radius 3 is 2.24 bits per heavy atom. The van der Waals surface area contributed by atoms with Crippen molar-refractivity contribution >= 4 is 33.5 Å². The number of carbonyl (C=O) groups is 2. The number of esters is 1. The number of halogens is 2. The highest BCUT2D eigenvalue weighted by molar-refractivity contribution is 7.89. The van der Waals surface area contributed by atoms with Crippen LogP contribution in [0.15, 0.2) is 77.7 Å². The predicted octanol–water partition coefficient (Wildman–Crippen LogP) is 3.68. The van der Waals surface area contributed by atoms with Crippen molar-refractivity contribution in [3.63, 3.8) is 0 Å². The third kappa shape index (κ3) is 5.39. The summed E-state index contributed by atoms with van der Waals surface area (Å²) in [6, 6.07) is 15.8. The molecule has 3 aromatic carbocycles. The number of hydrogen-bond acceptors (Lipinski definition) is 5. The summed E-state index contributed by atoms with van der Waals surface area (Å²) in [5.74, 6) is -2.23. The van der Waals surface area contributed by atoms with Crippen molar-refractivity contribution in [2.75, 3.05) is 7.11 Å². The Kier molecular flexibility index (Phi) is 7.47. The van der Waals surface area contributed by atoms with Gasteiger partial charge < -0.3 is 10.5 Å². The minimum Gasteiger partial charge on any atom is -0.465 e. The van der Waals surface area contributed by atoms with Crippen LogP contribution >= 0.6 is 11.6 Å². The van der Waals surface area contributed by atoms with Crippen LogP contribution in [0.25, 0.3) is 0 Å². The van der Waals surface area contributed by atoms with Gasteiger partial charge in [-0.2, -0.15) is 4.31 Å². The molecule has 3 rings (SSSR count). The highest BCUT2D eigenvalue weighted by Gasteiger charge is 2.36. The second-order valence-corrected chi connectivity index (χ2v) is 9.33. The zero-order chi connectivity index (χ0) is 24.2. The lowest BCUT2D eigenvalue weighted by Gasteiger charge is -2.29. The van der Waals surface area contributed by atoms with Gasteiger partial charge in [0.15, 0.2) is 0 Å². The minimum absolute atomic E-state index is 0.263. The van der Waals surface area contributed by atoms with Gasteiger partial charge in [-0.05, 0) is 41.5 Å². The number of carbonyl (C=O) groups excluding carboxylic acids is 2. The number of amides is 1. The van der Waals surface area contributed by atoms with E-state index in [2.05, 4.69) is 4.74 Å². The van der Waals surface area contributed by atoms with Crippen molar-refractivity contribution in [2.24, 2.45) is 5.73 Å². The number of nitrogens with two attached hydrogens (primary N) is 1. The second kappa shape index (κ2) is 10.1. The van der Waals surface area contributed by atoms with Crippen LogP contribution < -0.4 is 5.73 Å². The summed E-state index contributed by atoms with van der Waals surface area (Å²) in [4.78, 5) is 23.9. The number of ether oxygens (including phenoxy) is 1. The normalized spacial score (nSPS) is 12.4. The molecule has 0 aromatic heterocycles. The molecule has 0 spiro atoms. The maximum Gasteiger partial charge on any atom is 0.337 e. The molecule has 33 heavy (non-hydrogen) atoms. The standard InChI is InChI=1S/C23H20ClFN2O5S/c1-32-23(29)17-9-7-15(8-10-17)14-27(21(22(26)28)16-5-3-2-4-6-16)33(30,31)18-11-12-20(25)19(24)13-18/h2-13,21H,14H2,1H3,(H2,26,28)/t21-/m1/s1. The Morgan fingerprint density at radius 1 is 1.06 bits per heavy atom. The zero-order valence-electron chi connectivity index (χ0n) is 17.4. The van der Waals surface area contributed by atoms with Crippen LogP contribution in [0.4, 0.5) is 4.39 Å². The summed E-state index contributed by atoms with van der Waals surface area (Å²) in [7, 11) is -3.13. The van der Waals surface area contributed by atoms with Crippen molar-refractivity contribution < 1.29 is 27.1 Å². The number of primary amides is 1. The van der Waals surface area contributed by atoms with E-state index in [9.17, 15) is 22.4 Å². The molecule has 0 aliphatic carbocycles. The molecule has 3 aromatic rings. The van der Waals surface area contributed by atoms with E-state index in [-0.39, 0.29) is 22.0 Å². The molecule has 172 valence electrons. The number of rotatable bonds is 8. The molecule has 0 aliphatic rings. The third-order valence-electron chi connectivity index (χ3n) is 4.88. The topological polar surface area (TPSA) is 107 Å². The number of nitrogens with zero attached hydrogens (tertiary/aromatic N) is 1. The maximum absolute atomic E-state index is 13.7. The van der Waals surface area contributed by atoms with E-state index in [1.807, 2.05) is 0 Å². The van der Waals surface area contributed by atoms with Gasteiger partial charge in [-0.25, -0.2) is 17.6 Å². The molecule has 0 heterocycles. The van der Waals surface area contributed by atoms with E-state index in [1.165, 1.54) is 31.4 Å². The molecular weight excluding hydrogens is 471 g/mol. The molecule has 10 heteroatoms. The van der Waals surface area contributed by atoms with Crippen LogP contribution in [0.1, 0.15) is 27.5 Å². The average Bonchev–Trinajstić information content (AvgIpc) is 2.80. The summed E-state index contributed by atoms with van der Waals surface area (Å²) in [6.45, 7) is -0.263. The molecule has 2 N–H and O–H groups in total. The fourth-order valence-corrected chi connectivity index (χ4v) is 5.08. The molecular formula is C23H20ClFN2O5S. The first-order valence-electron chi connectivity index (χ1n) is 9.63. The Morgan fingerprint density at radius 2 is 1.70 bits per heavy atom. The van der Waals surface area contributed by atoms with E-state index in [4.69, 9.17) is 17.3 Å². The van der Waals surface area contributed by atoms with Gasteiger partial charge in [0.05, 0.1) is 22.6 Å². The van der Waals surface area contributed by atoms with Crippen LogP contribution in [0.5, 0.6) is 0 Å². The first kappa shape index (κ1) is 24.4. The van der Waals surface area contributed by atoms with E-state index in [1.54, 1.807) is 30.3 Å².